The molecule has 0 saturated carbocycles. The maximum atomic E-state index is 13.9. The summed E-state index contributed by atoms with van der Waals surface area (Å²) >= 11 is 1.43. The van der Waals surface area contributed by atoms with Gasteiger partial charge in [-0.05, 0) is 45.9 Å². The van der Waals surface area contributed by atoms with Crippen molar-refractivity contribution in [3.8, 4) is 0 Å². The van der Waals surface area contributed by atoms with Crippen molar-refractivity contribution in [2.24, 2.45) is 0 Å². The Morgan fingerprint density at radius 3 is 2.31 bits per heavy atom. The number of ether oxygens (including phenoxy) is 1. The first-order valence-corrected chi connectivity index (χ1v) is 11.7. The Labute approximate surface area is 160 Å². The molecule has 0 aliphatic rings. The summed E-state index contributed by atoms with van der Waals surface area (Å²) in [6.07, 6.45) is 3.34. The van der Waals surface area contributed by atoms with Crippen LogP contribution in [0.1, 0.15) is 58.3 Å². The largest absolute Gasteiger partial charge is 0.469 e. The summed E-state index contributed by atoms with van der Waals surface area (Å²) in [5.74, 6) is 0.875. The van der Waals surface area contributed by atoms with E-state index >= 15 is 0 Å². The van der Waals surface area contributed by atoms with E-state index < -0.39 is 18.1 Å². The summed E-state index contributed by atoms with van der Waals surface area (Å²) in [5.41, 5.74) is 0.664. The minimum absolute atomic E-state index is 0.104. The lowest BCUT2D eigenvalue weighted by atomic mass is 10.1. The maximum Gasteiger partial charge on any atom is 0.351 e. The van der Waals surface area contributed by atoms with E-state index in [9.17, 15) is 9.36 Å². The van der Waals surface area contributed by atoms with Crippen LogP contribution in [0.3, 0.4) is 0 Å². The van der Waals surface area contributed by atoms with E-state index in [0.29, 0.717) is 17.1 Å². The maximum absolute atomic E-state index is 13.9. The Hall–Kier alpha value is -0.750. The molecule has 1 heterocycles. The van der Waals surface area contributed by atoms with Gasteiger partial charge in [0.2, 0.25) is 0 Å². The lowest BCUT2D eigenvalue weighted by molar-refractivity contribution is -0.143. The number of carbonyl (C=O) groups is 1. The van der Waals surface area contributed by atoms with Gasteiger partial charge in [0.25, 0.3) is 0 Å². The molecule has 0 spiro atoms. The lowest BCUT2D eigenvalue weighted by Crippen LogP contribution is -2.30. The minimum atomic E-state index is -3.69. The van der Waals surface area contributed by atoms with Crippen molar-refractivity contribution in [1.29, 1.82) is 0 Å². The summed E-state index contributed by atoms with van der Waals surface area (Å²) in [6, 6.07) is 1.75. The molecule has 150 valence electrons. The van der Waals surface area contributed by atoms with Gasteiger partial charge in [-0.2, -0.15) is 0 Å². The predicted octanol–water partition coefficient (Wildman–Crippen LogP) is 5.49. The molecule has 1 aromatic heterocycles. The molecule has 0 aliphatic carbocycles. The van der Waals surface area contributed by atoms with E-state index in [0.717, 1.165) is 12.8 Å². The Morgan fingerprint density at radius 2 is 1.85 bits per heavy atom. The Balaban J connectivity index is 3.52. The molecular weight excluding hydrogens is 375 g/mol. The highest BCUT2D eigenvalue weighted by Crippen LogP contribution is 2.72. The molecular formula is C18H31O6PS. The van der Waals surface area contributed by atoms with Crippen LogP contribution in [-0.2, 0) is 27.6 Å². The van der Waals surface area contributed by atoms with Gasteiger partial charge in [0.05, 0.1) is 32.5 Å². The second-order valence-corrected chi connectivity index (χ2v) is 9.66. The van der Waals surface area contributed by atoms with Gasteiger partial charge in [0, 0.05) is 5.56 Å². The molecule has 0 N–H and O–H groups in total. The summed E-state index contributed by atoms with van der Waals surface area (Å²) in [5, 5.41) is 0. The highest BCUT2D eigenvalue weighted by molar-refractivity contribution is 8.05. The zero-order valence-corrected chi connectivity index (χ0v) is 18.1. The Kier molecular flexibility index (Phi) is 10.0. The number of rotatable bonds is 13. The molecule has 0 saturated heterocycles. The van der Waals surface area contributed by atoms with Crippen molar-refractivity contribution >= 4 is 25.3 Å². The molecule has 1 unspecified atom stereocenters. The van der Waals surface area contributed by atoms with Gasteiger partial charge in [-0.15, -0.1) is 11.8 Å². The quantitative estimate of drug-likeness (QED) is 0.243. The summed E-state index contributed by atoms with van der Waals surface area (Å²) in [4.78, 5) is 12.5. The normalized spacial score (nSPS) is 14.2. The fourth-order valence-corrected chi connectivity index (χ4v) is 7.32. The number of thioether (sulfide) groups is 1. The molecule has 0 aliphatic heterocycles. The van der Waals surface area contributed by atoms with Gasteiger partial charge in [0.15, 0.2) is 4.49 Å². The number of esters is 1. The molecule has 1 atom stereocenters. The van der Waals surface area contributed by atoms with Gasteiger partial charge in [0.1, 0.15) is 5.76 Å². The van der Waals surface area contributed by atoms with Crippen LogP contribution in [0, 0.1) is 6.92 Å². The summed E-state index contributed by atoms with van der Waals surface area (Å²) in [7, 11) is -3.69. The molecule has 0 amide bonds. The van der Waals surface area contributed by atoms with Crippen LogP contribution in [-0.4, -0.2) is 31.5 Å². The van der Waals surface area contributed by atoms with Crippen LogP contribution >= 0.6 is 19.4 Å². The van der Waals surface area contributed by atoms with E-state index in [1.54, 1.807) is 33.8 Å². The first-order valence-electron chi connectivity index (χ1n) is 9.14. The van der Waals surface area contributed by atoms with Gasteiger partial charge < -0.3 is 18.2 Å². The molecule has 0 fully saturated rings. The molecule has 0 aromatic carbocycles. The number of hydrogen-bond donors (Lipinski definition) is 0. The molecule has 6 nitrogen and oxygen atoms in total. The fourth-order valence-electron chi connectivity index (χ4n) is 2.72. The van der Waals surface area contributed by atoms with E-state index in [1.165, 1.54) is 18.0 Å². The molecule has 1 rings (SSSR count). The van der Waals surface area contributed by atoms with E-state index in [1.807, 2.05) is 0 Å². The van der Waals surface area contributed by atoms with Crippen molar-refractivity contribution in [1.82, 2.24) is 0 Å². The molecule has 8 heteroatoms. The fraction of sp³-hybridized carbons (Fsp3) is 0.722. The first-order chi connectivity index (χ1) is 12.4. The molecule has 26 heavy (non-hydrogen) atoms. The lowest BCUT2D eigenvalue weighted by Gasteiger charge is -2.37. The van der Waals surface area contributed by atoms with Crippen molar-refractivity contribution in [3.05, 3.63) is 23.7 Å². The number of carbonyl (C=O) groups excluding carboxylic acids is 1. The summed E-state index contributed by atoms with van der Waals surface area (Å²) < 4.78 is 34.7. The molecule has 1 aromatic rings. The van der Waals surface area contributed by atoms with Gasteiger partial charge in [-0.3, -0.25) is 9.36 Å². The van der Waals surface area contributed by atoms with Crippen molar-refractivity contribution in [2.45, 2.75) is 58.4 Å². The third kappa shape index (κ3) is 5.38. The number of aryl methyl sites for hydroxylation is 1. The molecule has 0 bridgehead atoms. The van der Waals surface area contributed by atoms with Gasteiger partial charge >= 0.3 is 13.6 Å². The third-order valence-corrected chi connectivity index (χ3v) is 8.72. The van der Waals surface area contributed by atoms with Crippen LogP contribution in [0.25, 0.3) is 0 Å². The second-order valence-electron chi connectivity index (χ2n) is 5.69. The topological polar surface area (TPSA) is 75.0 Å². The van der Waals surface area contributed by atoms with Crippen molar-refractivity contribution in [3.63, 3.8) is 0 Å². The number of furan rings is 1. The summed E-state index contributed by atoms with van der Waals surface area (Å²) in [6.45, 7) is 9.84. The Morgan fingerprint density at radius 1 is 1.19 bits per heavy atom. The zero-order valence-electron chi connectivity index (χ0n) is 16.4. The second kappa shape index (κ2) is 11.2. The SMILES string of the molecule is CCCCSC(CC(=O)OCC)(c1ccoc1C)P(=O)(OCC)OCC. The van der Waals surface area contributed by atoms with Crippen LogP contribution in [0.5, 0.6) is 0 Å². The van der Waals surface area contributed by atoms with E-state index in [2.05, 4.69) is 6.92 Å². The predicted molar refractivity (Wildman–Crippen MR) is 105 cm³/mol. The Bertz CT molecular complexity index is 592. The average molecular weight is 406 g/mol. The highest BCUT2D eigenvalue weighted by Gasteiger charge is 2.55. The van der Waals surface area contributed by atoms with Crippen LogP contribution in [0.2, 0.25) is 0 Å². The van der Waals surface area contributed by atoms with Crippen molar-refractivity contribution in [2.75, 3.05) is 25.6 Å². The van der Waals surface area contributed by atoms with Gasteiger partial charge in [-0.1, -0.05) is 13.3 Å². The van der Waals surface area contributed by atoms with Crippen LogP contribution in [0.15, 0.2) is 16.7 Å². The van der Waals surface area contributed by atoms with E-state index in [-0.39, 0.29) is 26.2 Å². The number of unbranched alkanes of at least 4 members (excludes halogenated alkanes) is 1. The first kappa shape index (κ1) is 23.3. The minimum Gasteiger partial charge on any atom is -0.469 e. The van der Waals surface area contributed by atoms with Gasteiger partial charge in [-0.25, -0.2) is 0 Å². The monoisotopic (exact) mass is 406 g/mol. The third-order valence-electron chi connectivity index (χ3n) is 3.85. The van der Waals surface area contributed by atoms with E-state index in [4.69, 9.17) is 18.2 Å². The standard InChI is InChI=1S/C18H31O6PS/c1-6-10-13-26-18(14-17(19)21-7-2,16-11-12-22-15(16)5)25(20,23-8-3)24-9-4/h11-12H,6-10,13-14H2,1-5H3. The highest BCUT2D eigenvalue weighted by atomic mass is 32.2. The molecule has 0 radical (unpaired) electrons. The van der Waals surface area contributed by atoms with Crippen LogP contribution in [0.4, 0.5) is 0 Å². The van der Waals surface area contributed by atoms with Crippen LogP contribution < -0.4 is 0 Å². The number of hydrogen-bond acceptors (Lipinski definition) is 7. The average Bonchev–Trinajstić information content (AvgIpc) is 3.01. The zero-order chi connectivity index (χ0) is 19.6. The smallest absolute Gasteiger partial charge is 0.351 e. The van der Waals surface area contributed by atoms with Crippen molar-refractivity contribution < 1.29 is 27.6 Å².